The van der Waals surface area contributed by atoms with E-state index in [0.29, 0.717) is 25.2 Å². The molecular formula is C20H26N2O4. The van der Waals surface area contributed by atoms with Gasteiger partial charge in [-0.3, -0.25) is 4.90 Å². The van der Waals surface area contributed by atoms with Crippen LogP contribution >= 0.6 is 0 Å². The van der Waals surface area contributed by atoms with Crippen LogP contribution in [0.15, 0.2) is 33.5 Å². The molecule has 1 aliphatic rings. The maximum absolute atomic E-state index is 12.2. The lowest BCUT2D eigenvalue weighted by Crippen LogP contribution is -2.49. The van der Waals surface area contributed by atoms with E-state index in [0.717, 1.165) is 29.6 Å². The van der Waals surface area contributed by atoms with Crippen molar-refractivity contribution in [2.45, 2.75) is 39.8 Å². The van der Waals surface area contributed by atoms with E-state index < -0.39 is 5.60 Å². The summed E-state index contributed by atoms with van der Waals surface area (Å²) in [7, 11) is 0. The molecule has 1 aromatic carbocycles. The Kier molecular flexibility index (Phi) is 5.05. The van der Waals surface area contributed by atoms with E-state index in [1.807, 2.05) is 45.9 Å². The molecule has 0 atom stereocenters. The lowest BCUT2D eigenvalue weighted by Gasteiger charge is -2.35. The summed E-state index contributed by atoms with van der Waals surface area (Å²) in [4.78, 5) is 28.0. The Morgan fingerprint density at radius 3 is 2.50 bits per heavy atom. The molecule has 0 bridgehead atoms. The zero-order chi connectivity index (χ0) is 18.9. The average Bonchev–Trinajstić information content (AvgIpc) is 2.53. The van der Waals surface area contributed by atoms with Gasteiger partial charge in [-0.05, 0) is 44.9 Å². The number of benzene rings is 1. The molecule has 1 saturated heterocycles. The fourth-order valence-electron chi connectivity index (χ4n) is 3.12. The summed E-state index contributed by atoms with van der Waals surface area (Å²) in [6.45, 7) is 11.0. The van der Waals surface area contributed by atoms with E-state index in [1.165, 1.54) is 0 Å². The van der Waals surface area contributed by atoms with Gasteiger partial charge in [0.05, 0.1) is 0 Å². The highest BCUT2D eigenvalue weighted by molar-refractivity contribution is 5.80. The minimum atomic E-state index is -0.483. The van der Waals surface area contributed by atoms with Crippen LogP contribution in [0, 0.1) is 6.92 Å². The normalized spacial score (nSPS) is 16.1. The predicted molar refractivity (Wildman–Crippen MR) is 100 cm³/mol. The first-order valence-corrected chi connectivity index (χ1v) is 8.95. The SMILES string of the molecule is Cc1ccc2c(CN3CCN(C(=O)OC(C)(C)C)CC3)cc(=O)oc2c1. The maximum atomic E-state index is 12.2. The summed E-state index contributed by atoms with van der Waals surface area (Å²) in [6.07, 6.45) is -0.265. The van der Waals surface area contributed by atoms with E-state index in [4.69, 9.17) is 9.15 Å². The number of hydrogen-bond acceptors (Lipinski definition) is 5. The van der Waals surface area contributed by atoms with Crippen LogP contribution in [0.5, 0.6) is 0 Å². The lowest BCUT2D eigenvalue weighted by molar-refractivity contribution is 0.0139. The van der Waals surface area contributed by atoms with Crippen molar-refractivity contribution in [2.24, 2.45) is 0 Å². The zero-order valence-electron chi connectivity index (χ0n) is 15.9. The summed E-state index contributed by atoms with van der Waals surface area (Å²) in [5, 5.41) is 0.963. The van der Waals surface area contributed by atoms with E-state index in [2.05, 4.69) is 4.90 Å². The van der Waals surface area contributed by atoms with E-state index in [-0.39, 0.29) is 11.7 Å². The van der Waals surface area contributed by atoms with Gasteiger partial charge in [0.2, 0.25) is 0 Å². The number of fused-ring (bicyclic) bond motifs is 1. The summed E-state index contributed by atoms with van der Waals surface area (Å²) in [5.41, 5.74) is 1.83. The third kappa shape index (κ3) is 4.43. The van der Waals surface area contributed by atoms with E-state index in [9.17, 15) is 9.59 Å². The number of piperazine rings is 1. The minimum absolute atomic E-state index is 0.265. The van der Waals surface area contributed by atoms with Gasteiger partial charge in [-0.2, -0.15) is 0 Å². The van der Waals surface area contributed by atoms with Gasteiger partial charge in [-0.15, -0.1) is 0 Å². The van der Waals surface area contributed by atoms with Crippen LogP contribution in [0.25, 0.3) is 11.0 Å². The number of carbonyl (C=O) groups excluding carboxylic acids is 1. The second-order valence-electron chi connectivity index (χ2n) is 7.83. The van der Waals surface area contributed by atoms with Gasteiger partial charge in [-0.1, -0.05) is 12.1 Å². The first kappa shape index (κ1) is 18.5. The fourth-order valence-corrected chi connectivity index (χ4v) is 3.12. The number of rotatable bonds is 2. The van der Waals surface area contributed by atoms with Crippen molar-refractivity contribution >= 4 is 17.1 Å². The molecule has 1 amide bonds. The Hall–Kier alpha value is -2.34. The highest BCUT2D eigenvalue weighted by atomic mass is 16.6. The molecule has 140 valence electrons. The van der Waals surface area contributed by atoms with Crippen molar-refractivity contribution in [1.29, 1.82) is 0 Å². The molecule has 3 rings (SSSR count). The molecule has 6 heteroatoms. The topological polar surface area (TPSA) is 63.0 Å². The molecule has 1 aromatic heterocycles. The summed E-state index contributed by atoms with van der Waals surface area (Å²) < 4.78 is 10.8. The quantitative estimate of drug-likeness (QED) is 0.772. The van der Waals surface area contributed by atoms with Crippen LogP contribution in [0.1, 0.15) is 31.9 Å². The van der Waals surface area contributed by atoms with Gasteiger partial charge in [0.25, 0.3) is 0 Å². The van der Waals surface area contributed by atoms with Crippen LogP contribution < -0.4 is 5.63 Å². The largest absolute Gasteiger partial charge is 0.444 e. The molecule has 6 nitrogen and oxygen atoms in total. The lowest BCUT2D eigenvalue weighted by atomic mass is 10.1. The molecule has 2 heterocycles. The highest BCUT2D eigenvalue weighted by Crippen LogP contribution is 2.21. The third-order valence-electron chi connectivity index (χ3n) is 4.40. The van der Waals surface area contributed by atoms with E-state index >= 15 is 0 Å². The first-order valence-electron chi connectivity index (χ1n) is 8.95. The molecule has 26 heavy (non-hydrogen) atoms. The van der Waals surface area contributed by atoms with Gasteiger partial charge in [0.1, 0.15) is 11.2 Å². The van der Waals surface area contributed by atoms with Crippen LogP contribution in [0.3, 0.4) is 0 Å². The summed E-state index contributed by atoms with van der Waals surface area (Å²) in [6, 6.07) is 7.48. The predicted octanol–water partition coefficient (Wildman–Crippen LogP) is 3.15. The molecule has 0 aliphatic carbocycles. The van der Waals surface area contributed by atoms with Gasteiger partial charge in [0, 0.05) is 44.2 Å². The standard InChI is InChI=1S/C20H26N2O4/c1-14-5-6-16-15(12-18(23)25-17(16)11-14)13-21-7-9-22(10-8-21)19(24)26-20(2,3)4/h5-6,11-12H,7-10,13H2,1-4H3. The van der Waals surface area contributed by atoms with Gasteiger partial charge >= 0.3 is 11.7 Å². The van der Waals surface area contributed by atoms with Crippen LogP contribution in [0.4, 0.5) is 4.79 Å². The van der Waals surface area contributed by atoms with Crippen molar-refractivity contribution in [3.63, 3.8) is 0 Å². The second kappa shape index (κ2) is 7.11. The average molecular weight is 358 g/mol. The highest BCUT2D eigenvalue weighted by Gasteiger charge is 2.26. The molecule has 2 aromatic rings. The Balaban J connectivity index is 1.68. The molecule has 0 N–H and O–H groups in total. The smallest absolute Gasteiger partial charge is 0.410 e. The van der Waals surface area contributed by atoms with Crippen molar-refractivity contribution in [3.05, 3.63) is 45.8 Å². The van der Waals surface area contributed by atoms with E-state index in [1.54, 1.807) is 11.0 Å². The zero-order valence-corrected chi connectivity index (χ0v) is 15.9. The Labute approximate surface area is 153 Å². The van der Waals surface area contributed by atoms with Crippen molar-refractivity contribution in [1.82, 2.24) is 9.80 Å². The molecule has 1 fully saturated rings. The van der Waals surface area contributed by atoms with Crippen molar-refractivity contribution < 1.29 is 13.9 Å². The number of carbonyl (C=O) groups is 1. The molecule has 0 spiro atoms. The number of ether oxygens (including phenoxy) is 1. The Morgan fingerprint density at radius 1 is 1.15 bits per heavy atom. The third-order valence-corrected chi connectivity index (χ3v) is 4.40. The van der Waals surface area contributed by atoms with Gasteiger partial charge in [-0.25, -0.2) is 9.59 Å². The van der Waals surface area contributed by atoms with Gasteiger partial charge in [0.15, 0.2) is 0 Å². The number of amides is 1. The molecular weight excluding hydrogens is 332 g/mol. The van der Waals surface area contributed by atoms with Crippen LogP contribution in [-0.2, 0) is 11.3 Å². The Morgan fingerprint density at radius 2 is 1.85 bits per heavy atom. The fraction of sp³-hybridized carbons (Fsp3) is 0.500. The van der Waals surface area contributed by atoms with Crippen LogP contribution in [-0.4, -0.2) is 47.7 Å². The number of aryl methyl sites for hydroxylation is 1. The molecule has 0 saturated carbocycles. The van der Waals surface area contributed by atoms with Crippen molar-refractivity contribution in [2.75, 3.05) is 26.2 Å². The Bertz CT molecular complexity index is 858. The molecule has 1 aliphatic heterocycles. The molecule has 0 unspecified atom stereocenters. The molecule has 0 radical (unpaired) electrons. The number of nitrogens with zero attached hydrogens (tertiary/aromatic N) is 2. The minimum Gasteiger partial charge on any atom is -0.444 e. The summed E-state index contributed by atoms with van der Waals surface area (Å²) in [5.74, 6) is 0. The van der Waals surface area contributed by atoms with Crippen LogP contribution in [0.2, 0.25) is 0 Å². The monoisotopic (exact) mass is 358 g/mol. The number of hydrogen-bond donors (Lipinski definition) is 0. The summed E-state index contributed by atoms with van der Waals surface area (Å²) >= 11 is 0. The van der Waals surface area contributed by atoms with Gasteiger partial charge < -0.3 is 14.1 Å². The first-order chi connectivity index (χ1) is 12.2. The van der Waals surface area contributed by atoms with Crippen molar-refractivity contribution in [3.8, 4) is 0 Å². The maximum Gasteiger partial charge on any atom is 0.410 e. The second-order valence-corrected chi connectivity index (χ2v) is 7.83.